The number of methoxy groups -OCH3 is 1. The zero-order chi connectivity index (χ0) is 25.2. The molecule has 0 radical (unpaired) electrons. The van der Waals surface area contributed by atoms with Crippen LogP contribution in [0.25, 0.3) is 10.8 Å². The first-order chi connectivity index (χ1) is 16.9. The first-order valence-electron chi connectivity index (χ1n) is 11.7. The SMILES string of the molecule is COC(=O)[C@@H](Cc1cccc2ccccc12)NC(=O)[C@H](CC(C)C)NC(=O)OCc1ccccc1. The van der Waals surface area contributed by atoms with Gasteiger partial charge in [0.15, 0.2) is 0 Å². The fraction of sp³-hybridized carbons (Fsp3) is 0.321. The van der Waals surface area contributed by atoms with Gasteiger partial charge >= 0.3 is 12.1 Å². The summed E-state index contributed by atoms with van der Waals surface area (Å²) in [5.41, 5.74) is 1.75. The zero-order valence-electron chi connectivity index (χ0n) is 20.3. The van der Waals surface area contributed by atoms with Crippen LogP contribution in [0.15, 0.2) is 72.8 Å². The highest BCUT2D eigenvalue weighted by Crippen LogP contribution is 2.20. The van der Waals surface area contributed by atoms with Crippen molar-refractivity contribution in [3.05, 3.63) is 83.9 Å². The number of hydrogen-bond acceptors (Lipinski definition) is 5. The number of carbonyl (C=O) groups is 3. The van der Waals surface area contributed by atoms with E-state index in [9.17, 15) is 14.4 Å². The van der Waals surface area contributed by atoms with Gasteiger partial charge in [-0.25, -0.2) is 9.59 Å². The smallest absolute Gasteiger partial charge is 0.408 e. The van der Waals surface area contributed by atoms with Crippen LogP contribution in [0.4, 0.5) is 4.79 Å². The second-order valence-electron chi connectivity index (χ2n) is 8.81. The van der Waals surface area contributed by atoms with Crippen LogP contribution in [0, 0.1) is 5.92 Å². The van der Waals surface area contributed by atoms with Crippen molar-refractivity contribution in [2.75, 3.05) is 7.11 Å². The van der Waals surface area contributed by atoms with Crippen LogP contribution in [0.1, 0.15) is 31.4 Å². The molecule has 0 fully saturated rings. The van der Waals surface area contributed by atoms with Crippen LogP contribution >= 0.6 is 0 Å². The van der Waals surface area contributed by atoms with Gasteiger partial charge in [0.05, 0.1) is 7.11 Å². The molecular weight excluding hydrogens is 444 g/mol. The summed E-state index contributed by atoms with van der Waals surface area (Å²) in [6.45, 7) is 3.99. The summed E-state index contributed by atoms with van der Waals surface area (Å²) < 4.78 is 10.2. The zero-order valence-corrected chi connectivity index (χ0v) is 20.3. The number of alkyl carbamates (subject to hydrolysis) is 1. The third kappa shape index (κ3) is 7.57. The third-order valence-corrected chi connectivity index (χ3v) is 5.63. The van der Waals surface area contributed by atoms with E-state index in [2.05, 4.69) is 10.6 Å². The number of amides is 2. The number of fused-ring (bicyclic) bond motifs is 1. The molecule has 0 aromatic heterocycles. The summed E-state index contributed by atoms with van der Waals surface area (Å²) in [5.74, 6) is -0.901. The van der Waals surface area contributed by atoms with Gasteiger partial charge in [-0.3, -0.25) is 4.79 Å². The van der Waals surface area contributed by atoms with E-state index in [4.69, 9.17) is 9.47 Å². The standard InChI is InChI=1S/C28H32N2O5/c1-19(2)16-24(30-28(33)35-18-20-10-5-4-6-11-20)26(31)29-25(27(32)34-3)17-22-14-9-13-21-12-7-8-15-23(21)22/h4-15,19,24-25H,16-18H2,1-3H3,(H,29,31)(H,30,33)/t24-,25+/m0/s1. The van der Waals surface area contributed by atoms with Crippen molar-refractivity contribution in [3.8, 4) is 0 Å². The molecule has 184 valence electrons. The second-order valence-corrected chi connectivity index (χ2v) is 8.81. The summed E-state index contributed by atoms with van der Waals surface area (Å²) in [6.07, 6.45) is -0.0561. The maximum Gasteiger partial charge on any atom is 0.408 e. The highest BCUT2D eigenvalue weighted by molar-refractivity contribution is 5.91. The number of nitrogens with one attached hydrogen (secondary N) is 2. The van der Waals surface area contributed by atoms with Gasteiger partial charge in [-0.2, -0.15) is 0 Å². The lowest BCUT2D eigenvalue weighted by Crippen LogP contribution is -2.53. The second kappa shape index (κ2) is 12.6. The summed E-state index contributed by atoms with van der Waals surface area (Å²) >= 11 is 0. The lowest BCUT2D eigenvalue weighted by molar-refractivity contribution is -0.145. The Hall–Kier alpha value is -3.87. The molecule has 35 heavy (non-hydrogen) atoms. The molecule has 0 spiro atoms. The summed E-state index contributed by atoms with van der Waals surface area (Å²) in [4.78, 5) is 38.2. The molecule has 2 N–H and O–H groups in total. The van der Waals surface area contributed by atoms with Crippen LogP contribution < -0.4 is 10.6 Å². The molecular formula is C28H32N2O5. The minimum absolute atomic E-state index is 0.0918. The highest BCUT2D eigenvalue weighted by Gasteiger charge is 2.28. The third-order valence-electron chi connectivity index (χ3n) is 5.63. The van der Waals surface area contributed by atoms with E-state index in [1.165, 1.54) is 7.11 Å². The average molecular weight is 477 g/mol. The average Bonchev–Trinajstić information content (AvgIpc) is 2.86. The van der Waals surface area contributed by atoms with Crippen molar-refractivity contribution in [1.82, 2.24) is 10.6 Å². The molecule has 0 saturated heterocycles. The van der Waals surface area contributed by atoms with E-state index in [1.54, 1.807) is 0 Å². The van der Waals surface area contributed by atoms with Crippen molar-refractivity contribution in [3.63, 3.8) is 0 Å². The van der Waals surface area contributed by atoms with E-state index in [0.717, 1.165) is 21.9 Å². The van der Waals surface area contributed by atoms with E-state index in [0.29, 0.717) is 6.42 Å². The van der Waals surface area contributed by atoms with Gasteiger partial charge in [-0.15, -0.1) is 0 Å². The van der Waals surface area contributed by atoms with Crippen molar-refractivity contribution in [2.24, 2.45) is 5.92 Å². The van der Waals surface area contributed by atoms with E-state index in [1.807, 2.05) is 86.6 Å². The highest BCUT2D eigenvalue weighted by atomic mass is 16.5. The quantitative estimate of drug-likeness (QED) is 0.424. The summed E-state index contributed by atoms with van der Waals surface area (Å²) in [7, 11) is 1.29. The van der Waals surface area contributed by atoms with Gasteiger partial charge in [0.1, 0.15) is 18.7 Å². The number of ether oxygens (including phenoxy) is 2. The molecule has 0 aliphatic carbocycles. The molecule has 2 amide bonds. The van der Waals surface area contributed by atoms with E-state index >= 15 is 0 Å². The Bertz CT molecular complexity index is 1140. The number of benzene rings is 3. The Balaban J connectivity index is 1.71. The van der Waals surface area contributed by atoms with Gasteiger partial charge in [0.2, 0.25) is 5.91 Å². The number of rotatable bonds is 10. The largest absolute Gasteiger partial charge is 0.467 e. The Kier molecular flexibility index (Phi) is 9.23. The summed E-state index contributed by atoms with van der Waals surface area (Å²) in [6, 6.07) is 21.2. The molecule has 3 aromatic carbocycles. The van der Waals surface area contributed by atoms with Gasteiger partial charge < -0.3 is 20.1 Å². The Morgan fingerprint density at radius 3 is 2.23 bits per heavy atom. The summed E-state index contributed by atoms with van der Waals surface area (Å²) in [5, 5.41) is 7.47. The van der Waals surface area contributed by atoms with Crippen LogP contribution in [0.3, 0.4) is 0 Å². The van der Waals surface area contributed by atoms with Crippen molar-refractivity contribution < 1.29 is 23.9 Å². The molecule has 7 heteroatoms. The molecule has 3 rings (SSSR count). The molecule has 0 heterocycles. The predicted molar refractivity (Wildman–Crippen MR) is 135 cm³/mol. The predicted octanol–water partition coefficient (Wildman–Crippen LogP) is 4.38. The Morgan fingerprint density at radius 2 is 1.51 bits per heavy atom. The van der Waals surface area contributed by atoms with Gasteiger partial charge in [-0.05, 0) is 34.2 Å². The van der Waals surface area contributed by atoms with Crippen LogP contribution in [-0.4, -0.2) is 37.2 Å². The first-order valence-corrected chi connectivity index (χ1v) is 11.7. The van der Waals surface area contributed by atoms with Crippen molar-refractivity contribution in [2.45, 2.75) is 45.4 Å². The number of hydrogen-bond donors (Lipinski definition) is 2. The normalized spacial score (nSPS) is 12.6. The van der Waals surface area contributed by atoms with Crippen LogP contribution in [0.2, 0.25) is 0 Å². The van der Waals surface area contributed by atoms with Crippen LogP contribution in [0.5, 0.6) is 0 Å². The minimum atomic E-state index is -0.907. The molecule has 0 aliphatic heterocycles. The Labute approximate surface area is 205 Å². The van der Waals surface area contributed by atoms with Gasteiger partial charge in [-0.1, -0.05) is 86.6 Å². The van der Waals surface area contributed by atoms with E-state index in [-0.39, 0.29) is 18.9 Å². The number of esters is 1. The monoisotopic (exact) mass is 476 g/mol. The molecule has 0 aliphatic rings. The maximum atomic E-state index is 13.2. The molecule has 0 bridgehead atoms. The number of carbonyl (C=O) groups excluding carboxylic acids is 3. The molecule has 2 atom stereocenters. The fourth-order valence-electron chi connectivity index (χ4n) is 3.91. The topological polar surface area (TPSA) is 93.7 Å². The molecule has 3 aromatic rings. The lowest BCUT2D eigenvalue weighted by atomic mass is 9.98. The van der Waals surface area contributed by atoms with E-state index < -0.39 is 30.1 Å². The van der Waals surface area contributed by atoms with Crippen molar-refractivity contribution in [1.29, 1.82) is 0 Å². The van der Waals surface area contributed by atoms with Gasteiger partial charge in [0.25, 0.3) is 0 Å². The molecule has 7 nitrogen and oxygen atoms in total. The lowest BCUT2D eigenvalue weighted by Gasteiger charge is -2.23. The molecule has 0 saturated carbocycles. The van der Waals surface area contributed by atoms with Crippen molar-refractivity contribution >= 4 is 28.7 Å². The first kappa shape index (κ1) is 25.7. The Morgan fingerprint density at radius 1 is 0.829 bits per heavy atom. The fourth-order valence-corrected chi connectivity index (χ4v) is 3.91. The van der Waals surface area contributed by atoms with Gasteiger partial charge in [0, 0.05) is 6.42 Å². The maximum absolute atomic E-state index is 13.2. The molecule has 0 unspecified atom stereocenters. The van der Waals surface area contributed by atoms with Crippen LogP contribution in [-0.2, 0) is 32.1 Å². The minimum Gasteiger partial charge on any atom is -0.467 e.